The molecule has 0 atom stereocenters. The average molecular weight is 225 g/mol. The van der Waals surface area contributed by atoms with Gasteiger partial charge in [-0.2, -0.15) is 5.26 Å². The Hall–Kier alpha value is -1.61. The van der Waals surface area contributed by atoms with Crippen LogP contribution in [0.3, 0.4) is 0 Å². The van der Waals surface area contributed by atoms with Crippen LogP contribution in [-0.2, 0) is 10.0 Å². The number of sulfonamides is 1. The molecule has 1 N–H and O–H groups in total. The fourth-order valence-corrected chi connectivity index (χ4v) is 1.56. The summed E-state index contributed by atoms with van der Waals surface area (Å²) in [6.07, 6.45) is 1.51. The Morgan fingerprint density at radius 3 is 2.80 bits per heavy atom. The molecule has 1 rings (SSSR count). The maximum atomic E-state index is 11.3. The van der Waals surface area contributed by atoms with Gasteiger partial charge in [-0.05, 0) is 25.5 Å². The zero-order valence-corrected chi connectivity index (χ0v) is 9.30. The number of hydrogen-bond acceptors (Lipinski definition) is 4. The van der Waals surface area contributed by atoms with Gasteiger partial charge in [-0.3, -0.25) is 4.72 Å². The Bertz CT molecular complexity index is 503. The molecule has 80 valence electrons. The molecule has 0 amide bonds. The number of hydrogen-bond donors (Lipinski definition) is 1. The van der Waals surface area contributed by atoms with Crippen LogP contribution in [-0.4, -0.2) is 19.2 Å². The Kier molecular flexibility index (Phi) is 3.27. The third-order valence-corrected chi connectivity index (χ3v) is 3.04. The predicted molar refractivity (Wildman–Crippen MR) is 56.8 cm³/mol. The fraction of sp³-hybridized carbons (Fsp3) is 0.333. The van der Waals surface area contributed by atoms with E-state index in [2.05, 4.69) is 9.71 Å². The summed E-state index contributed by atoms with van der Waals surface area (Å²) in [5, 5.41) is 8.79. The molecule has 0 bridgehead atoms. The van der Waals surface area contributed by atoms with Crippen molar-refractivity contribution in [3.8, 4) is 6.07 Å². The highest BCUT2D eigenvalue weighted by atomic mass is 32.2. The Morgan fingerprint density at radius 1 is 1.60 bits per heavy atom. The highest BCUT2D eigenvalue weighted by Crippen LogP contribution is 2.13. The van der Waals surface area contributed by atoms with E-state index in [9.17, 15) is 8.42 Å². The largest absolute Gasteiger partial charge is 0.266 e. The van der Waals surface area contributed by atoms with Crippen LogP contribution in [0.2, 0.25) is 0 Å². The first-order valence-electron chi connectivity index (χ1n) is 4.35. The van der Waals surface area contributed by atoms with Gasteiger partial charge in [0.2, 0.25) is 10.0 Å². The topological polar surface area (TPSA) is 82.8 Å². The molecule has 0 unspecified atom stereocenters. The Morgan fingerprint density at radius 2 is 2.27 bits per heavy atom. The van der Waals surface area contributed by atoms with Gasteiger partial charge in [0.25, 0.3) is 0 Å². The molecule has 15 heavy (non-hydrogen) atoms. The first-order valence-corrected chi connectivity index (χ1v) is 6.01. The van der Waals surface area contributed by atoms with Crippen LogP contribution in [0.4, 0.5) is 5.82 Å². The summed E-state index contributed by atoms with van der Waals surface area (Å²) in [5.41, 5.74) is 1.04. The minimum Gasteiger partial charge on any atom is -0.266 e. The lowest BCUT2D eigenvalue weighted by Gasteiger charge is -2.06. The third-order valence-electron chi connectivity index (χ3n) is 1.78. The van der Waals surface area contributed by atoms with E-state index in [4.69, 9.17) is 5.26 Å². The Labute approximate surface area is 88.8 Å². The van der Waals surface area contributed by atoms with Crippen LogP contribution in [0.5, 0.6) is 0 Å². The van der Waals surface area contributed by atoms with E-state index >= 15 is 0 Å². The molecule has 0 aliphatic carbocycles. The SMILES string of the molecule is CCS(=O)(=O)Nc1ncc(C)cc1C#N. The second kappa shape index (κ2) is 4.28. The maximum absolute atomic E-state index is 11.3. The minimum absolute atomic E-state index is 0.0482. The summed E-state index contributed by atoms with van der Waals surface area (Å²) < 4.78 is 24.8. The molecule has 0 fully saturated rings. The summed E-state index contributed by atoms with van der Waals surface area (Å²) in [4.78, 5) is 3.87. The highest BCUT2D eigenvalue weighted by Gasteiger charge is 2.11. The highest BCUT2D eigenvalue weighted by molar-refractivity contribution is 7.92. The molecule has 0 spiro atoms. The number of aryl methyl sites for hydroxylation is 1. The molecule has 1 aromatic rings. The van der Waals surface area contributed by atoms with Gasteiger partial charge in [-0.1, -0.05) is 0 Å². The van der Waals surface area contributed by atoms with Crippen LogP contribution in [0.25, 0.3) is 0 Å². The zero-order chi connectivity index (χ0) is 11.5. The van der Waals surface area contributed by atoms with Crippen LogP contribution in [0.15, 0.2) is 12.3 Å². The minimum atomic E-state index is -3.38. The van der Waals surface area contributed by atoms with Gasteiger partial charge >= 0.3 is 0 Å². The first kappa shape index (κ1) is 11.5. The molecular weight excluding hydrogens is 214 g/mol. The molecule has 1 heterocycles. The van der Waals surface area contributed by atoms with Crippen molar-refractivity contribution in [2.45, 2.75) is 13.8 Å². The van der Waals surface area contributed by atoms with E-state index < -0.39 is 10.0 Å². The number of nitrogens with zero attached hydrogens (tertiary/aromatic N) is 2. The van der Waals surface area contributed by atoms with Crippen molar-refractivity contribution in [1.82, 2.24) is 4.98 Å². The summed E-state index contributed by atoms with van der Waals surface area (Å²) in [6.45, 7) is 3.30. The molecule has 0 aliphatic heterocycles. The van der Waals surface area contributed by atoms with E-state index in [1.165, 1.54) is 13.1 Å². The number of rotatable bonds is 3. The quantitative estimate of drug-likeness (QED) is 0.832. The second-order valence-electron chi connectivity index (χ2n) is 3.03. The number of pyridine rings is 1. The number of anilines is 1. The van der Waals surface area contributed by atoms with Crippen molar-refractivity contribution in [2.75, 3.05) is 10.5 Å². The molecule has 1 aromatic heterocycles. The molecule has 0 aliphatic rings. The van der Waals surface area contributed by atoms with Gasteiger partial charge in [0.1, 0.15) is 6.07 Å². The smallest absolute Gasteiger partial charge is 0.233 e. The molecule has 0 radical (unpaired) electrons. The van der Waals surface area contributed by atoms with Crippen molar-refractivity contribution >= 4 is 15.8 Å². The van der Waals surface area contributed by atoms with E-state index in [0.717, 1.165) is 5.56 Å². The van der Waals surface area contributed by atoms with E-state index in [-0.39, 0.29) is 17.1 Å². The number of aromatic nitrogens is 1. The summed E-state index contributed by atoms with van der Waals surface area (Å²) >= 11 is 0. The number of nitriles is 1. The lowest BCUT2D eigenvalue weighted by molar-refractivity contribution is 0.602. The van der Waals surface area contributed by atoms with Gasteiger partial charge in [-0.15, -0.1) is 0 Å². The molecule has 5 nitrogen and oxygen atoms in total. The lowest BCUT2D eigenvalue weighted by atomic mass is 10.2. The van der Waals surface area contributed by atoms with Crippen molar-refractivity contribution in [3.63, 3.8) is 0 Å². The van der Waals surface area contributed by atoms with Gasteiger partial charge < -0.3 is 0 Å². The lowest BCUT2D eigenvalue weighted by Crippen LogP contribution is -2.16. The van der Waals surface area contributed by atoms with Crippen molar-refractivity contribution in [3.05, 3.63) is 23.4 Å². The molecule has 0 saturated carbocycles. The first-order chi connectivity index (χ1) is 6.98. The normalized spacial score (nSPS) is 10.7. The standard InChI is InChI=1S/C9H11N3O2S/c1-3-15(13,14)12-9-8(5-10)4-7(2)6-11-9/h4,6H,3H2,1-2H3,(H,11,12). The van der Waals surface area contributed by atoms with E-state index in [0.29, 0.717) is 0 Å². The second-order valence-corrected chi connectivity index (χ2v) is 5.04. The average Bonchev–Trinajstić information content (AvgIpc) is 2.20. The predicted octanol–water partition coefficient (Wildman–Crippen LogP) is 1.02. The van der Waals surface area contributed by atoms with E-state index in [1.807, 2.05) is 6.07 Å². The zero-order valence-electron chi connectivity index (χ0n) is 8.48. The molecule has 0 saturated heterocycles. The van der Waals surface area contributed by atoms with Crippen LogP contribution >= 0.6 is 0 Å². The Balaban J connectivity index is 3.12. The third kappa shape index (κ3) is 2.92. The van der Waals surface area contributed by atoms with Crippen LogP contribution in [0.1, 0.15) is 18.1 Å². The van der Waals surface area contributed by atoms with Crippen LogP contribution < -0.4 is 4.72 Å². The summed E-state index contributed by atoms with van der Waals surface area (Å²) in [6, 6.07) is 3.48. The molecule has 6 heteroatoms. The van der Waals surface area contributed by atoms with Gasteiger partial charge in [0, 0.05) is 6.20 Å². The van der Waals surface area contributed by atoms with Crippen molar-refractivity contribution in [1.29, 1.82) is 5.26 Å². The summed E-state index contributed by atoms with van der Waals surface area (Å²) in [5.74, 6) is 0.0397. The summed E-state index contributed by atoms with van der Waals surface area (Å²) in [7, 11) is -3.38. The molecule has 0 aromatic carbocycles. The van der Waals surface area contributed by atoms with Gasteiger partial charge in [-0.25, -0.2) is 13.4 Å². The fourth-order valence-electron chi connectivity index (χ4n) is 0.955. The van der Waals surface area contributed by atoms with Gasteiger partial charge in [0.15, 0.2) is 5.82 Å². The van der Waals surface area contributed by atoms with Crippen molar-refractivity contribution < 1.29 is 8.42 Å². The molecular formula is C9H11N3O2S. The van der Waals surface area contributed by atoms with Crippen molar-refractivity contribution in [2.24, 2.45) is 0 Å². The maximum Gasteiger partial charge on any atom is 0.233 e. The van der Waals surface area contributed by atoms with Gasteiger partial charge in [0.05, 0.1) is 11.3 Å². The van der Waals surface area contributed by atoms with Crippen LogP contribution in [0, 0.1) is 18.3 Å². The van der Waals surface area contributed by atoms with E-state index in [1.54, 1.807) is 13.0 Å². The number of nitrogens with one attached hydrogen (secondary N) is 1. The monoisotopic (exact) mass is 225 g/mol.